The van der Waals surface area contributed by atoms with E-state index >= 15 is 0 Å². The van der Waals surface area contributed by atoms with Crippen LogP contribution in [0.25, 0.3) is 0 Å². The van der Waals surface area contributed by atoms with Crippen LogP contribution < -0.4 is 10.6 Å². The zero-order valence-electron chi connectivity index (χ0n) is 17.1. The number of hydrogen-bond acceptors (Lipinski definition) is 2. The summed E-state index contributed by atoms with van der Waals surface area (Å²) in [5.74, 6) is 0.727. The Morgan fingerprint density at radius 1 is 1.11 bits per heavy atom. The lowest BCUT2D eigenvalue weighted by Gasteiger charge is -2.31. The average Bonchev–Trinajstić information content (AvgIpc) is 3.29. The van der Waals surface area contributed by atoms with Crippen molar-refractivity contribution in [2.75, 3.05) is 34.2 Å². The maximum Gasteiger partial charge on any atom is 0.230 e. The molecule has 1 aromatic carbocycles. The Hall–Kier alpha value is -1.38. The van der Waals surface area contributed by atoms with E-state index in [0.717, 1.165) is 44.1 Å². The quantitative estimate of drug-likeness (QED) is 0.357. The second-order valence-corrected chi connectivity index (χ2v) is 8.23. The third kappa shape index (κ3) is 4.78. The molecule has 2 N–H and O–H groups in total. The Morgan fingerprint density at radius 3 is 2.25 bits per heavy atom. The molecular formula is C21H32FIN4O. The first-order valence-electron chi connectivity index (χ1n) is 9.84. The van der Waals surface area contributed by atoms with Gasteiger partial charge in [0.05, 0.1) is 5.41 Å². The molecule has 0 atom stereocenters. The van der Waals surface area contributed by atoms with E-state index in [-0.39, 0.29) is 46.5 Å². The molecule has 2 aliphatic rings. The lowest BCUT2D eigenvalue weighted by Crippen LogP contribution is -2.50. The van der Waals surface area contributed by atoms with Gasteiger partial charge < -0.3 is 15.5 Å². The van der Waals surface area contributed by atoms with Gasteiger partial charge in [-0.1, -0.05) is 31.0 Å². The molecule has 1 amide bonds. The van der Waals surface area contributed by atoms with E-state index in [1.807, 2.05) is 26.2 Å². The fourth-order valence-electron chi connectivity index (χ4n) is 4.30. The van der Waals surface area contributed by atoms with Crippen LogP contribution in [0.4, 0.5) is 4.39 Å². The largest absolute Gasteiger partial charge is 0.356 e. The number of amides is 1. The second kappa shape index (κ2) is 9.41. The Balaban J connectivity index is 0.00000280. The number of aliphatic imine (C=N–C) groups is 1. The van der Waals surface area contributed by atoms with Crippen LogP contribution in [0.1, 0.15) is 44.1 Å². The number of nitrogens with zero attached hydrogens (tertiary/aromatic N) is 2. The van der Waals surface area contributed by atoms with Crippen LogP contribution in [0.5, 0.6) is 0 Å². The van der Waals surface area contributed by atoms with Crippen molar-refractivity contribution < 1.29 is 9.18 Å². The number of hydrogen-bond donors (Lipinski definition) is 2. The lowest BCUT2D eigenvalue weighted by atomic mass is 9.84. The standard InChI is InChI=1S/C21H31FN4O.HI/c1-23-19(25-15-21(10-6-7-11-21)18(27)26(2)3)24-14-20(12-13-20)16-8-4-5-9-17(16)22;/h4-5,8-9H,6-7,10-15H2,1-3H3,(H2,23,24,25);1H. The number of rotatable bonds is 6. The molecule has 2 fully saturated rings. The highest BCUT2D eigenvalue weighted by Gasteiger charge is 2.46. The molecule has 7 heteroatoms. The molecule has 3 rings (SSSR count). The highest BCUT2D eigenvalue weighted by Crippen LogP contribution is 2.48. The first-order valence-corrected chi connectivity index (χ1v) is 9.84. The predicted molar refractivity (Wildman–Crippen MR) is 122 cm³/mol. The zero-order chi connectivity index (χ0) is 19.5. The average molecular weight is 502 g/mol. The van der Waals surface area contributed by atoms with Crippen LogP contribution in [0.2, 0.25) is 0 Å². The van der Waals surface area contributed by atoms with Gasteiger partial charge in [0, 0.05) is 39.6 Å². The van der Waals surface area contributed by atoms with E-state index < -0.39 is 0 Å². The van der Waals surface area contributed by atoms with Crippen molar-refractivity contribution in [1.29, 1.82) is 0 Å². The number of guanidine groups is 1. The summed E-state index contributed by atoms with van der Waals surface area (Å²) in [6, 6.07) is 7.02. The predicted octanol–water partition coefficient (Wildman–Crippen LogP) is 3.29. The first-order chi connectivity index (χ1) is 12.9. The molecule has 5 nitrogen and oxygen atoms in total. The number of carbonyl (C=O) groups excluding carboxylic acids is 1. The van der Waals surface area contributed by atoms with Crippen molar-refractivity contribution in [2.45, 2.75) is 43.9 Å². The van der Waals surface area contributed by atoms with Crippen LogP contribution in [0.3, 0.4) is 0 Å². The summed E-state index contributed by atoms with van der Waals surface area (Å²) in [6.45, 7) is 1.22. The minimum atomic E-state index is -0.343. The summed E-state index contributed by atoms with van der Waals surface area (Å²) >= 11 is 0. The summed E-state index contributed by atoms with van der Waals surface area (Å²) in [5, 5.41) is 6.71. The smallest absolute Gasteiger partial charge is 0.230 e. The third-order valence-corrected chi connectivity index (χ3v) is 6.13. The van der Waals surface area contributed by atoms with Crippen LogP contribution >= 0.6 is 24.0 Å². The van der Waals surface area contributed by atoms with Crippen LogP contribution in [0, 0.1) is 11.2 Å². The highest BCUT2D eigenvalue weighted by atomic mass is 127. The van der Waals surface area contributed by atoms with Crippen LogP contribution in [-0.2, 0) is 10.2 Å². The van der Waals surface area contributed by atoms with Gasteiger partial charge in [-0.25, -0.2) is 4.39 Å². The molecule has 2 saturated carbocycles. The fourth-order valence-corrected chi connectivity index (χ4v) is 4.30. The van der Waals surface area contributed by atoms with E-state index in [1.54, 1.807) is 18.0 Å². The Kier molecular flexibility index (Phi) is 7.70. The van der Waals surface area contributed by atoms with Gasteiger partial charge in [0.2, 0.25) is 5.91 Å². The van der Waals surface area contributed by atoms with Gasteiger partial charge in [-0.15, -0.1) is 24.0 Å². The van der Waals surface area contributed by atoms with Gasteiger partial charge >= 0.3 is 0 Å². The zero-order valence-corrected chi connectivity index (χ0v) is 19.4. The molecule has 2 aliphatic carbocycles. The number of nitrogens with one attached hydrogen (secondary N) is 2. The van der Waals surface area contributed by atoms with Gasteiger partial charge in [-0.05, 0) is 37.3 Å². The van der Waals surface area contributed by atoms with Crippen molar-refractivity contribution in [3.05, 3.63) is 35.6 Å². The molecule has 0 unspecified atom stereocenters. The molecule has 0 radical (unpaired) electrons. The van der Waals surface area contributed by atoms with Crippen LogP contribution in [0.15, 0.2) is 29.3 Å². The van der Waals surface area contributed by atoms with Gasteiger partial charge in [-0.2, -0.15) is 0 Å². The number of benzene rings is 1. The summed E-state index contributed by atoms with van der Waals surface area (Å²) < 4.78 is 14.2. The maximum absolute atomic E-state index is 14.2. The fraction of sp³-hybridized carbons (Fsp3) is 0.619. The third-order valence-electron chi connectivity index (χ3n) is 6.13. The van der Waals surface area contributed by atoms with E-state index in [2.05, 4.69) is 15.6 Å². The normalized spacial score (nSPS) is 19.5. The van der Waals surface area contributed by atoms with Crippen molar-refractivity contribution >= 4 is 35.8 Å². The summed E-state index contributed by atoms with van der Waals surface area (Å²) in [4.78, 5) is 18.7. The van der Waals surface area contributed by atoms with E-state index in [9.17, 15) is 9.18 Å². The summed E-state index contributed by atoms with van der Waals surface area (Å²) in [7, 11) is 5.37. The molecule has 0 heterocycles. The van der Waals surface area contributed by atoms with Crippen molar-refractivity contribution in [1.82, 2.24) is 15.5 Å². The Bertz CT molecular complexity index is 712. The van der Waals surface area contributed by atoms with Crippen molar-refractivity contribution in [2.24, 2.45) is 10.4 Å². The molecule has 0 spiro atoms. The molecule has 156 valence electrons. The molecule has 0 saturated heterocycles. The number of halogens is 2. The SMILES string of the molecule is CN=C(NCC1(C(=O)N(C)C)CCCC1)NCC1(c2ccccc2F)CC1.I. The van der Waals surface area contributed by atoms with Crippen molar-refractivity contribution in [3.63, 3.8) is 0 Å². The van der Waals surface area contributed by atoms with Gasteiger partial charge in [0.25, 0.3) is 0 Å². The van der Waals surface area contributed by atoms with E-state index in [0.29, 0.717) is 19.0 Å². The van der Waals surface area contributed by atoms with E-state index in [1.165, 1.54) is 6.07 Å². The molecule has 28 heavy (non-hydrogen) atoms. The molecule has 0 aliphatic heterocycles. The van der Waals surface area contributed by atoms with E-state index in [4.69, 9.17) is 0 Å². The van der Waals surface area contributed by atoms with Gasteiger partial charge in [0.15, 0.2) is 5.96 Å². The monoisotopic (exact) mass is 502 g/mol. The Morgan fingerprint density at radius 2 is 1.71 bits per heavy atom. The Labute approximate surface area is 184 Å². The topological polar surface area (TPSA) is 56.7 Å². The summed E-state index contributed by atoms with van der Waals surface area (Å²) in [6.07, 6.45) is 5.94. The molecule has 0 aromatic heterocycles. The molecule has 0 bridgehead atoms. The lowest BCUT2D eigenvalue weighted by molar-refractivity contribution is -0.138. The minimum Gasteiger partial charge on any atom is -0.356 e. The highest BCUT2D eigenvalue weighted by molar-refractivity contribution is 14.0. The minimum absolute atomic E-state index is 0. The molecular weight excluding hydrogens is 470 g/mol. The van der Waals surface area contributed by atoms with Crippen molar-refractivity contribution in [3.8, 4) is 0 Å². The van der Waals surface area contributed by atoms with Gasteiger partial charge in [-0.3, -0.25) is 9.79 Å². The number of carbonyl (C=O) groups is 1. The first kappa shape index (κ1) is 22.9. The van der Waals surface area contributed by atoms with Gasteiger partial charge in [0.1, 0.15) is 5.82 Å². The summed E-state index contributed by atoms with van der Waals surface area (Å²) in [5.41, 5.74) is 0.292. The van der Waals surface area contributed by atoms with Crippen LogP contribution in [-0.4, -0.2) is 51.0 Å². The maximum atomic E-state index is 14.2. The second-order valence-electron chi connectivity index (χ2n) is 8.23. The molecule has 1 aromatic rings.